The molecule has 2 aromatic rings. The van der Waals surface area contributed by atoms with Gasteiger partial charge in [0.15, 0.2) is 0 Å². The van der Waals surface area contributed by atoms with E-state index in [4.69, 9.17) is 0 Å². The van der Waals surface area contributed by atoms with Crippen LogP contribution in [0.15, 0.2) is 47.6 Å². The predicted octanol–water partition coefficient (Wildman–Crippen LogP) is 4.08. The smallest absolute Gasteiger partial charge is 0.249 e. The van der Waals surface area contributed by atoms with Crippen LogP contribution in [0.1, 0.15) is 49.4 Å². The number of hydrazone groups is 1. The molecule has 0 fully saturated rings. The standard InChI is InChI=1S/C22H27N3O2/c1-15-6-11-19(12-16(15)2)24-20(26)13-21(27)25-23-14-17-7-9-18(10-8-17)22(3,4)5/h6-12,14H,13H2,1-5H3,(H,24,26)(H,25,27). The zero-order chi connectivity index (χ0) is 20.0. The molecule has 0 aliphatic heterocycles. The van der Waals surface area contributed by atoms with Crippen molar-refractivity contribution in [1.29, 1.82) is 0 Å². The van der Waals surface area contributed by atoms with Crippen LogP contribution in [0.2, 0.25) is 0 Å². The first-order chi connectivity index (χ1) is 12.6. The van der Waals surface area contributed by atoms with Gasteiger partial charge in [-0.2, -0.15) is 5.10 Å². The molecule has 2 N–H and O–H groups in total. The summed E-state index contributed by atoms with van der Waals surface area (Å²) in [5.41, 5.74) is 7.49. The number of nitrogens with zero attached hydrogens (tertiary/aromatic N) is 1. The van der Waals surface area contributed by atoms with Gasteiger partial charge in [-0.25, -0.2) is 5.43 Å². The van der Waals surface area contributed by atoms with Crippen molar-refractivity contribution >= 4 is 23.7 Å². The highest BCUT2D eigenvalue weighted by molar-refractivity contribution is 6.03. The van der Waals surface area contributed by atoms with E-state index >= 15 is 0 Å². The van der Waals surface area contributed by atoms with Gasteiger partial charge in [-0.3, -0.25) is 9.59 Å². The second-order valence-corrected chi connectivity index (χ2v) is 7.69. The highest BCUT2D eigenvalue weighted by Gasteiger charge is 2.12. The average Bonchev–Trinajstić information content (AvgIpc) is 2.57. The zero-order valence-corrected chi connectivity index (χ0v) is 16.6. The third kappa shape index (κ3) is 6.37. The number of aryl methyl sites for hydroxylation is 2. The van der Waals surface area contributed by atoms with Crippen LogP contribution >= 0.6 is 0 Å². The molecule has 2 aromatic carbocycles. The molecule has 0 aromatic heterocycles. The van der Waals surface area contributed by atoms with Crippen molar-refractivity contribution in [3.8, 4) is 0 Å². The SMILES string of the molecule is Cc1ccc(NC(=O)CC(=O)NN=Cc2ccc(C(C)(C)C)cc2)cc1C. The van der Waals surface area contributed by atoms with Gasteiger partial charge >= 0.3 is 0 Å². The molecule has 2 rings (SSSR count). The quantitative estimate of drug-likeness (QED) is 0.476. The third-order valence-corrected chi connectivity index (χ3v) is 4.29. The van der Waals surface area contributed by atoms with Crippen molar-refractivity contribution in [1.82, 2.24) is 5.43 Å². The number of nitrogens with one attached hydrogen (secondary N) is 2. The van der Waals surface area contributed by atoms with E-state index in [1.165, 1.54) is 5.56 Å². The van der Waals surface area contributed by atoms with Crippen LogP contribution in [0.25, 0.3) is 0 Å². The van der Waals surface area contributed by atoms with Crippen molar-refractivity contribution in [2.45, 2.75) is 46.5 Å². The average molecular weight is 365 g/mol. The lowest BCUT2D eigenvalue weighted by molar-refractivity contribution is -0.126. The Hall–Kier alpha value is -2.95. The van der Waals surface area contributed by atoms with Gasteiger partial charge < -0.3 is 5.32 Å². The lowest BCUT2D eigenvalue weighted by atomic mass is 9.87. The largest absolute Gasteiger partial charge is 0.326 e. The number of carbonyl (C=O) groups is 2. The molecule has 0 heterocycles. The molecule has 0 aliphatic carbocycles. The van der Waals surface area contributed by atoms with Crippen LogP contribution in [0, 0.1) is 13.8 Å². The molecule has 142 valence electrons. The van der Waals surface area contributed by atoms with Crippen molar-refractivity contribution in [2.75, 3.05) is 5.32 Å². The van der Waals surface area contributed by atoms with Gasteiger partial charge in [0.1, 0.15) is 6.42 Å². The highest BCUT2D eigenvalue weighted by Crippen LogP contribution is 2.21. The minimum Gasteiger partial charge on any atom is -0.326 e. The van der Waals surface area contributed by atoms with Gasteiger partial charge in [0, 0.05) is 5.69 Å². The molecule has 0 saturated carbocycles. The second-order valence-electron chi connectivity index (χ2n) is 7.69. The van der Waals surface area contributed by atoms with E-state index in [9.17, 15) is 9.59 Å². The third-order valence-electron chi connectivity index (χ3n) is 4.29. The number of hydrogen-bond donors (Lipinski definition) is 2. The Bertz CT molecular complexity index is 847. The summed E-state index contributed by atoms with van der Waals surface area (Å²) in [6, 6.07) is 13.6. The Morgan fingerprint density at radius 3 is 2.22 bits per heavy atom. The fourth-order valence-electron chi connectivity index (χ4n) is 2.46. The summed E-state index contributed by atoms with van der Waals surface area (Å²) >= 11 is 0. The van der Waals surface area contributed by atoms with Gasteiger partial charge in [-0.15, -0.1) is 0 Å². The molecule has 0 unspecified atom stereocenters. The van der Waals surface area contributed by atoms with E-state index in [1.54, 1.807) is 6.21 Å². The monoisotopic (exact) mass is 365 g/mol. The normalized spacial score (nSPS) is 11.4. The molecule has 0 saturated heterocycles. The van der Waals surface area contributed by atoms with Crippen LogP contribution in [0.3, 0.4) is 0 Å². The van der Waals surface area contributed by atoms with E-state index in [2.05, 4.69) is 36.6 Å². The summed E-state index contributed by atoms with van der Waals surface area (Å²) in [6.45, 7) is 10.4. The number of rotatable bonds is 5. The van der Waals surface area contributed by atoms with E-state index < -0.39 is 5.91 Å². The topological polar surface area (TPSA) is 70.6 Å². The van der Waals surface area contributed by atoms with Gasteiger partial charge in [0.05, 0.1) is 6.21 Å². The molecule has 0 bridgehead atoms. The maximum atomic E-state index is 12.0. The fourth-order valence-corrected chi connectivity index (χ4v) is 2.46. The first kappa shape index (κ1) is 20.4. The molecule has 27 heavy (non-hydrogen) atoms. The number of hydrogen-bond acceptors (Lipinski definition) is 3. The summed E-state index contributed by atoms with van der Waals surface area (Å²) in [6.07, 6.45) is 1.28. The van der Waals surface area contributed by atoms with Crippen LogP contribution < -0.4 is 10.7 Å². The Labute approximate surface area is 160 Å². The Morgan fingerprint density at radius 1 is 0.963 bits per heavy atom. The molecule has 0 atom stereocenters. The van der Waals surface area contributed by atoms with E-state index in [-0.39, 0.29) is 17.7 Å². The maximum absolute atomic E-state index is 12.0. The molecule has 2 amide bonds. The number of amides is 2. The molecule has 0 radical (unpaired) electrons. The molecular weight excluding hydrogens is 338 g/mol. The summed E-state index contributed by atoms with van der Waals surface area (Å²) in [5.74, 6) is -0.834. The van der Waals surface area contributed by atoms with Crippen LogP contribution in [-0.4, -0.2) is 18.0 Å². The minimum atomic E-state index is -0.459. The van der Waals surface area contributed by atoms with Crippen molar-refractivity contribution in [2.24, 2.45) is 5.10 Å². The number of benzene rings is 2. The Morgan fingerprint density at radius 2 is 1.63 bits per heavy atom. The first-order valence-electron chi connectivity index (χ1n) is 8.95. The van der Waals surface area contributed by atoms with Crippen molar-refractivity contribution in [3.05, 3.63) is 64.7 Å². The van der Waals surface area contributed by atoms with E-state index in [0.717, 1.165) is 16.7 Å². The van der Waals surface area contributed by atoms with Crippen molar-refractivity contribution < 1.29 is 9.59 Å². The highest BCUT2D eigenvalue weighted by atomic mass is 16.2. The van der Waals surface area contributed by atoms with Gasteiger partial charge in [0.2, 0.25) is 11.8 Å². The zero-order valence-electron chi connectivity index (χ0n) is 16.6. The second kappa shape index (κ2) is 8.62. The lowest BCUT2D eigenvalue weighted by Crippen LogP contribution is -2.24. The van der Waals surface area contributed by atoms with Crippen LogP contribution in [0.4, 0.5) is 5.69 Å². The molecule has 0 aliphatic rings. The number of anilines is 1. The van der Waals surface area contributed by atoms with Gasteiger partial charge in [-0.05, 0) is 53.6 Å². The summed E-state index contributed by atoms with van der Waals surface area (Å²) in [7, 11) is 0. The maximum Gasteiger partial charge on any atom is 0.249 e. The molecular formula is C22H27N3O2. The molecule has 0 spiro atoms. The van der Waals surface area contributed by atoms with Crippen LogP contribution in [0.5, 0.6) is 0 Å². The number of carbonyl (C=O) groups excluding carboxylic acids is 2. The van der Waals surface area contributed by atoms with Crippen molar-refractivity contribution in [3.63, 3.8) is 0 Å². The summed E-state index contributed by atoms with van der Waals surface area (Å²) in [5, 5.41) is 6.63. The van der Waals surface area contributed by atoms with Gasteiger partial charge in [0.25, 0.3) is 0 Å². The molecule has 5 heteroatoms. The van der Waals surface area contributed by atoms with Crippen LogP contribution in [-0.2, 0) is 15.0 Å². The minimum absolute atomic E-state index is 0.0905. The fraction of sp³-hybridized carbons (Fsp3) is 0.318. The lowest BCUT2D eigenvalue weighted by Gasteiger charge is -2.18. The predicted molar refractivity (Wildman–Crippen MR) is 110 cm³/mol. The molecule has 5 nitrogen and oxygen atoms in total. The van der Waals surface area contributed by atoms with E-state index in [0.29, 0.717) is 5.69 Å². The Kier molecular flexibility index (Phi) is 6.50. The summed E-state index contributed by atoms with van der Waals surface area (Å²) in [4.78, 5) is 23.8. The first-order valence-corrected chi connectivity index (χ1v) is 8.95. The van der Waals surface area contributed by atoms with Gasteiger partial charge in [-0.1, -0.05) is 51.1 Å². The summed E-state index contributed by atoms with van der Waals surface area (Å²) < 4.78 is 0. The Balaban J connectivity index is 1.83. The van der Waals surface area contributed by atoms with E-state index in [1.807, 2.05) is 56.3 Å².